The van der Waals surface area contributed by atoms with Gasteiger partial charge in [-0.1, -0.05) is 6.58 Å². The van der Waals surface area contributed by atoms with E-state index in [-0.39, 0.29) is 31.6 Å². The first-order valence-electron chi connectivity index (χ1n) is 6.66. The molecule has 7 heteroatoms. The van der Waals surface area contributed by atoms with Gasteiger partial charge in [-0.3, -0.25) is 9.59 Å². The van der Waals surface area contributed by atoms with Crippen LogP contribution in [-0.4, -0.2) is 44.0 Å². The van der Waals surface area contributed by atoms with Crippen LogP contribution in [-0.2, 0) is 33.3 Å². The second kappa shape index (κ2) is 10.8. The molecule has 0 aliphatic rings. The summed E-state index contributed by atoms with van der Waals surface area (Å²) in [6.07, 6.45) is -0.766. The van der Waals surface area contributed by atoms with Crippen LogP contribution in [0.3, 0.4) is 0 Å². The maximum atomic E-state index is 11.3. The van der Waals surface area contributed by atoms with Crippen LogP contribution in [0.4, 0.5) is 0 Å². The molecule has 0 bridgehead atoms. The molecular weight excluding hydrogens is 280 g/mol. The molecule has 0 heterocycles. The van der Waals surface area contributed by atoms with Crippen LogP contribution in [0.25, 0.3) is 0 Å². The second-order valence-electron chi connectivity index (χ2n) is 4.15. The topological polar surface area (TPSA) is 88.1 Å². The van der Waals surface area contributed by atoms with E-state index >= 15 is 0 Å². The van der Waals surface area contributed by atoms with E-state index in [1.54, 1.807) is 13.8 Å². The lowest BCUT2D eigenvalue weighted by atomic mass is 10.3. The molecule has 0 spiro atoms. The van der Waals surface area contributed by atoms with Gasteiger partial charge in [0.05, 0.1) is 12.8 Å². The first-order valence-corrected chi connectivity index (χ1v) is 6.66. The van der Waals surface area contributed by atoms with Crippen LogP contribution in [0.1, 0.15) is 33.6 Å². The fourth-order valence-corrected chi connectivity index (χ4v) is 1.18. The molecule has 0 aromatic rings. The van der Waals surface area contributed by atoms with Gasteiger partial charge in [-0.25, -0.2) is 4.79 Å². The molecule has 0 rings (SSSR count). The highest BCUT2D eigenvalue weighted by Gasteiger charge is 2.11. The number of rotatable bonds is 10. The molecule has 0 saturated carbocycles. The molecule has 0 saturated heterocycles. The Hall–Kier alpha value is -1.89. The Balaban J connectivity index is 3.68. The molecule has 1 unspecified atom stereocenters. The van der Waals surface area contributed by atoms with Crippen molar-refractivity contribution in [3.8, 4) is 0 Å². The van der Waals surface area contributed by atoms with E-state index in [1.807, 2.05) is 0 Å². The minimum Gasteiger partial charge on any atom is -0.465 e. The molecule has 0 aromatic heterocycles. The van der Waals surface area contributed by atoms with Crippen molar-refractivity contribution in [1.82, 2.24) is 0 Å². The predicted molar refractivity (Wildman–Crippen MR) is 73.1 cm³/mol. The zero-order chi connectivity index (χ0) is 16.3. The Morgan fingerprint density at radius 1 is 1.05 bits per heavy atom. The first kappa shape index (κ1) is 19.1. The van der Waals surface area contributed by atoms with Crippen molar-refractivity contribution in [3.05, 3.63) is 12.2 Å². The highest BCUT2D eigenvalue weighted by molar-refractivity contribution is 5.87. The van der Waals surface area contributed by atoms with E-state index in [1.165, 1.54) is 6.92 Å². The highest BCUT2D eigenvalue weighted by Crippen LogP contribution is 1.99. The highest BCUT2D eigenvalue weighted by atomic mass is 16.7. The van der Waals surface area contributed by atoms with Gasteiger partial charge in [-0.15, -0.1) is 0 Å². The van der Waals surface area contributed by atoms with Crippen molar-refractivity contribution in [2.75, 3.05) is 19.8 Å². The third-order valence-corrected chi connectivity index (χ3v) is 2.16. The quantitative estimate of drug-likeness (QED) is 0.260. The Morgan fingerprint density at radius 2 is 1.62 bits per heavy atom. The monoisotopic (exact) mass is 302 g/mol. The van der Waals surface area contributed by atoms with Crippen molar-refractivity contribution in [3.63, 3.8) is 0 Å². The Morgan fingerprint density at radius 3 is 2.19 bits per heavy atom. The number of ether oxygens (including phenoxy) is 4. The van der Waals surface area contributed by atoms with E-state index in [4.69, 9.17) is 18.9 Å². The summed E-state index contributed by atoms with van der Waals surface area (Å²) < 4.78 is 19.4. The molecule has 0 aliphatic heterocycles. The molecule has 21 heavy (non-hydrogen) atoms. The fourth-order valence-electron chi connectivity index (χ4n) is 1.18. The third-order valence-electron chi connectivity index (χ3n) is 2.16. The van der Waals surface area contributed by atoms with Gasteiger partial charge in [0.2, 0.25) is 0 Å². The molecule has 120 valence electrons. The van der Waals surface area contributed by atoms with Gasteiger partial charge in [0.25, 0.3) is 0 Å². The standard InChI is InChI=1S/C14H22O7/c1-5-18-11(4)21-13(16)7-8-19-12(15)6-9-20-14(17)10(2)3/h11H,2,5-9H2,1,3-4H3. The van der Waals surface area contributed by atoms with Crippen molar-refractivity contribution < 1.29 is 33.3 Å². The van der Waals surface area contributed by atoms with Crippen molar-refractivity contribution in [2.24, 2.45) is 0 Å². The van der Waals surface area contributed by atoms with Gasteiger partial charge in [-0.2, -0.15) is 0 Å². The zero-order valence-electron chi connectivity index (χ0n) is 12.7. The Labute approximate surface area is 124 Å². The maximum absolute atomic E-state index is 11.3. The van der Waals surface area contributed by atoms with E-state index in [2.05, 4.69) is 6.58 Å². The fraction of sp³-hybridized carbons (Fsp3) is 0.643. The van der Waals surface area contributed by atoms with E-state index in [9.17, 15) is 14.4 Å². The van der Waals surface area contributed by atoms with Gasteiger partial charge in [0, 0.05) is 12.2 Å². The van der Waals surface area contributed by atoms with Gasteiger partial charge < -0.3 is 18.9 Å². The summed E-state index contributed by atoms with van der Waals surface area (Å²) >= 11 is 0. The second-order valence-corrected chi connectivity index (χ2v) is 4.15. The molecule has 0 radical (unpaired) electrons. The van der Waals surface area contributed by atoms with Crippen molar-refractivity contribution in [2.45, 2.75) is 39.9 Å². The summed E-state index contributed by atoms with van der Waals surface area (Å²) in [6.45, 7) is 8.56. The number of hydrogen-bond donors (Lipinski definition) is 0. The maximum Gasteiger partial charge on any atom is 0.333 e. The molecular formula is C14H22O7. The average molecular weight is 302 g/mol. The number of carbonyl (C=O) groups is 3. The Kier molecular flexibility index (Phi) is 9.87. The van der Waals surface area contributed by atoms with Crippen LogP contribution in [0.5, 0.6) is 0 Å². The molecule has 7 nitrogen and oxygen atoms in total. The summed E-state index contributed by atoms with van der Waals surface area (Å²) in [5.41, 5.74) is 0.259. The minimum absolute atomic E-state index is 0.0608. The van der Waals surface area contributed by atoms with Crippen molar-refractivity contribution in [1.29, 1.82) is 0 Å². The molecule has 1 atom stereocenters. The van der Waals surface area contributed by atoms with Gasteiger partial charge in [-0.05, 0) is 20.8 Å². The molecule has 0 N–H and O–H groups in total. The van der Waals surface area contributed by atoms with E-state index < -0.39 is 24.2 Å². The predicted octanol–water partition coefficient (Wildman–Crippen LogP) is 1.35. The zero-order valence-corrected chi connectivity index (χ0v) is 12.7. The van der Waals surface area contributed by atoms with Crippen LogP contribution < -0.4 is 0 Å². The summed E-state index contributed by atoms with van der Waals surface area (Å²) in [5, 5.41) is 0. The van der Waals surface area contributed by atoms with Crippen LogP contribution in [0.2, 0.25) is 0 Å². The molecule has 0 aliphatic carbocycles. The minimum atomic E-state index is -0.625. The summed E-state index contributed by atoms with van der Waals surface area (Å²) in [6, 6.07) is 0. The molecule has 0 aromatic carbocycles. The summed E-state index contributed by atoms with van der Waals surface area (Å²) in [4.78, 5) is 33.6. The van der Waals surface area contributed by atoms with E-state index in [0.29, 0.717) is 6.61 Å². The lowest BCUT2D eigenvalue weighted by Crippen LogP contribution is -2.20. The Bertz CT molecular complexity index is 376. The average Bonchev–Trinajstić information content (AvgIpc) is 2.38. The lowest BCUT2D eigenvalue weighted by Gasteiger charge is -2.12. The largest absolute Gasteiger partial charge is 0.465 e. The van der Waals surface area contributed by atoms with Gasteiger partial charge >= 0.3 is 17.9 Å². The van der Waals surface area contributed by atoms with Crippen LogP contribution >= 0.6 is 0 Å². The number of hydrogen-bond acceptors (Lipinski definition) is 7. The molecule has 0 fully saturated rings. The van der Waals surface area contributed by atoms with Crippen LogP contribution in [0, 0.1) is 0 Å². The SMILES string of the molecule is C=C(C)C(=O)OCCC(=O)OCCC(=O)OC(C)OCC. The first-order chi connectivity index (χ1) is 9.86. The normalized spacial score (nSPS) is 11.4. The number of carbonyl (C=O) groups excluding carboxylic acids is 3. The van der Waals surface area contributed by atoms with E-state index in [0.717, 1.165) is 0 Å². The van der Waals surface area contributed by atoms with Gasteiger partial charge in [0.15, 0.2) is 6.29 Å². The summed E-state index contributed by atoms with van der Waals surface area (Å²) in [5.74, 6) is -1.64. The van der Waals surface area contributed by atoms with Crippen molar-refractivity contribution >= 4 is 17.9 Å². The van der Waals surface area contributed by atoms with Gasteiger partial charge in [0.1, 0.15) is 13.2 Å². The smallest absolute Gasteiger partial charge is 0.333 e. The number of esters is 3. The summed E-state index contributed by atoms with van der Waals surface area (Å²) in [7, 11) is 0. The van der Waals surface area contributed by atoms with Crippen LogP contribution in [0.15, 0.2) is 12.2 Å². The lowest BCUT2D eigenvalue weighted by molar-refractivity contribution is -0.175. The molecule has 0 amide bonds. The third kappa shape index (κ3) is 10.5.